The van der Waals surface area contributed by atoms with Gasteiger partial charge < -0.3 is 9.84 Å². The Morgan fingerprint density at radius 1 is 0.788 bits per heavy atom. The Balaban J connectivity index is 0.000000192. The predicted octanol–water partition coefficient (Wildman–Crippen LogP) is 7.79. The summed E-state index contributed by atoms with van der Waals surface area (Å²) in [7, 11) is 0. The number of halogens is 5. The van der Waals surface area contributed by atoms with Crippen LogP contribution in [0.4, 0.5) is 4.39 Å². The van der Waals surface area contributed by atoms with E-state index in [0.29, 0.717) is 14.8 Å². The summed E-state index contributed by atoms with van der Waals surface area (Å²) >= 11 is 10.6. The van der Waals surface area contributed by atoms with Crippen LogP contribution in [0.25, 0.3) is 0 Å². The first-order chi connectivity index (χ1) is 15.9. The van der Waals surface area contributed by atoms with Crippen molar-refractivity contribution in [2.24, 2.45) is 0 Å². The molecule has 0 unspecified atom stereocenters. The third-order valence-corrected chi connectivity index (χ3v) is 6.36. The number of hydrogen-bond acceptors (Lipinski definition) is 4. The average Bonchev–Trinajstić information content (AvgIpc) is 2.83. The van der Waals surface area contributed by atoms with Crippen molar-refractivity contribution in [1.82, 2.24) is 9.97 Å². The molecule has 0 aliphatic heterocycles. The zero-order chi connectivity index (χ0) is 24.1. The highest BCUT2D eigenvalue weighted by atomic mass is 127. The molecule has 2 aromatic carbocycles. The Hall–Kier alpha value is -1.15. The maximum absolute atomic E-state index is 12.4. The Morgan fingerprint density at radius 3 is 1.76 bits per heavy atom. The Morgan fingerprint density at radius 2 is 1.30 bits per heavy atom. The maximum Gasteiger partial charge on any atom is 0.154 e. The Bertz CT molecular complexity index is 1120. The van der Waals surface area contributed by atoms with Gasteiger partial charge in [0.2, 0.25) is 0 Å². The number of hydrogen-bond donors (Lipinski definition) is 1. The number of nitrogens with zero attached hydrogens (tertiary/aromatic N) is 2. The van der Waals surface area contributed by atoms with Crippen molar-refractivity contribution in [2.75, 3.05) is 0 Å². The minimum Gasteiger partial charge on any atom is -0.486 e. The first-order valence-corrected chi connectivity index (χ1v) is 13.2. The number of benzene rings is 2. The molecule has 0 atom stereocenters. The SMILES string of the molecule is Brc1cc(I)c(OCc2ccccc2)cn1.Fc1cnc(Br)cc1I.OCc1ccccc1. The topological polar surface area (TPSA) is 55.2 Å². The molecule has 9 heteroatoms. The molecule has 4 aromatic rings. The Labute approximate surface area is 236 Å². The lowest BCUT2D eigenvalue weighted by molar-refractivity contribution is 0.282. The molecule has 0 bridgehead atoms. The first-order valence-electron chi connectivity index (χ1n) is 9.48. The summed E-state index contributed by atoms with van der Waals surface area (Å²) in [6, 6.07) is 23.2. The zero-order valence-electron chi connectivity index (χ0n) is 17.1. The van der Waals surface area contributed by atoms with Crippen molar-refractivity contribution in [3.8, 4) is 5.75 Å². The lowest BCUT2D eigenvalue weighted by Crippen LogP contribution is -1.97. The van der Waals surface area contributed by atoms with Crippen LogP contribution in [0.5, 0.6) is 5.75 Å². The molecule has 0 radical (unpaired) electrons. The number of aliphatic hydroxyl groups excluding tert-OH is 1. The van der Waals surface area contributed by atoms with Gasteiger partial charge in [-0.3, -0.25) is 0 Å². The highest BCUT2D eigenvalue weighted by Gasteiger charge is 2.02. The van der Waals surface area contributed by atoms with Crippen molar-refractivity contribution >= 4 is 77.0 Å². The molecule has 0 saturated heterocycles. The zero-order valence-corrected chi connectivity index (χ0v) is 24.6. The molecule has 0 spiro atoms. The van der Waals surface area contributed by atoms with E-state index in [1.807, 2.05) is 89.3 Å². The second kappa shape index (κ2) is 15.7. The molecular weight excluding hydrogens is 781 g/mol. The van der Waals surface area contributed by atoms with Gasteiger partial charge in [0.05, 0.1) is 26.1 Å². The molecule has 0 fully saturated rings. The first kappa shape index (κ1) is 28.1. The van der Waals surface area contributed by atoms with E-state index < -0.39 is 0 Å². The maximum atomic E-state index is 12.4. The number of aromatic nitrogens is 2. The van der Waals surface area contributed by atoms with Crippen LogP contribution in [-0.4, -0.2) is 15.1 Å². The van der Waals surface area contributed by atoms with Crippen molar-refractivity contribution in [1.29, 1.82) is 0 Å². The van der Waals surface area contributed by atoms with Crippen LogP contribution in [0.1, 0.15) is 11.1 Å². The molecule has 0 aliphatic rings. The molecule has 0 amide bonds. The van der Waals surface area contributed by atoms with Crippen LogP contribution in [0.2, 0.25) is 0 Å². The summed E-state index contributed by atoms with van der Waals surface area (Å²) in [6.45, 7) is 0.709. The summed E-state index contributed by atoms with van der Waals surface area (Å²) in [4.78, 5) is 7.82. The highest BCUT2D eigenvalue weighted by molar-refractivity contribution is 14.1. The van der Waals surface area contributed by atoms with E-state index in [2.05, 4.69) is 64.4 Å². The lowest BCUT2D eigenvalue weighted by atomic mass is 10.2. The summed E-state index contributed by atoms with van der Waals surface area (Å²) in [6.07, 6.45) is 2.92. The summed E-state index contributed by atoms with van der Waals surface area (Å²) in [5.41, 5.74) is 2.12. The molecule has 0 saturated carbocycles. The van der Waals surface area contributed by atoms with E-state index >= 15 is 0 Å². The van der Waals surface area contributed by atoms with E-state index in [1.165, 1.54) is 6.20 Å². The number of aliphatic hydroxyl groups is 1. The molecule has 4 nitrogen and oxygen atoms in total. The fraction of sp³-hybridized carbons (Fsp3) is 0.0833. The Kier molecular flexibility index (Phi) is 13.4. The molecule has 1 N–H and O–H groups in total. The van der Waals surface area contributed by atoms with E-state index in [4.69, 9.17) is 9.84 Å². The van der Waals surface area contributed by atoms with Gasteiger partial charge in [-0.15, -0.1) is 0 Å². The quantitative estimate of drug-likeness (QED) is 0.169. The van der Waals surface area contributed by atoms with Gasteiger partial charge in [-0.2, -0.15) is 0 Å². The second-order valence-corrected chi connectivity index (χ2v) is 10.2. The van der Waals surface area contributed by atoms with Crippen molar-refractivity contribution in [3.63, 3.8) is 0 Å². The van der Waals surface area contributed by atoms with Crippen LogP contribution in [0.3, 0.4) is 0 Å². The largest absolute Gasteiger partial charge is 0.486 e. The number of rotatable bonds is 4. The third kappa shape index (κ3) is 11.2. The number of pyridine rings is 2. The van der Waals surface area contributed by atoms with E-state index in [0.717, 1.165) is 25.0 Å². The molecule has 172 valence electrons. The van der Waals surface area contributed by atoms with Crippen LogP contribution >= 0.6 is 77.0 Å². The third-order valence-electron chi connectivity index (χ3n) is 3.82. The van der Waals surface area contributed by atoms with Crippen LogP contribution in [0.15, 0.2) is 94.4 Å². The molecule has 2 heterocycles. The van der Waals surface area contributed by atoms with Crippen molar-refractivity contribution in [3.05, 3.63) is 118 Å². The van der Waals surface area contributed by atoms with E-state index in [-0.39, 0.29) is 12.4 Å². The van der Waals surface area contributed by atoms with Crippen molar-refractivity contribution < 1.29 is 14.2 Å². The summed E-state index contributed by atoms with van der Waals surface area (Å²) in [5.74, 6) is 0.534. The van der Waals surface area contributed by atoms with Crippen LogP contribution < -0.4 is 4.74 Å². The summed E-state index contributed by atoms with van der Waals surface area (Å²) < 4.78 is 21.2. The van der Waals surface area contributed by atoms with Gasteiger partial charge in [0.1, 0.15) is 15.8 Å². The van der Waals surface area contributed by atoms with Gasteiger partial charge in [-0.05, 0) is 100 Å². The normalized spacial score (nSPS) is 9.76. The fourth-order valence-corrected chi connectivity index (χ4v) is 4.75. The van der Waals surface area contributed by atoms with E-state index in [9.17, 15) is 4.39 Å². The molecule has 4 rings (SSSR count). The second-order valence-electron chi connectivity index (χ2n) is 6.28. The number of ether oxygens (including phenoxy) is 1. The van der Waals surface area contributed by atoms with Gasteiger partial charge in [-0.1, -0.05) is 60.7 Å². The van der Waals surface area contributed by atoms with E-state index in [1.54, 1.807) is 12.3 Å². The lowest BCUT2D eigenvalue weighted by Gasteiger charge is -2.07. The smallest absolute Gasteiger partial charge is 0.154 e. The highest BCUT2D eigenvalue weighted by Crippen LogP contribution is 2.23. The molecule has 0 aliphatic carbocycles. The minimum atomic E-state index is -0.279. The van der Waals surface area contributed by atoms with Gasteiger partial charge in [0.25, 0.3) is 0 Å². The standard InChI is InChI=1S/C12H9BrINO.C7H8O.C5H2BrFIN/c13-12-6-10(14)11(7-15-12)16-8-9-4-2-1-3-5-9;8-6-7-4-2-1-3-5-7;6-5-1-4(8)3(7)2-9-5/h1-7H,8H2;1-5,8H,6H2;1-2H. The minimum absolute atomic E-state index is 0.140. The average molecular weight is 800 g/mol. The molecule has 2 aromatic heterocycles. The van der Waals surface area contributed by atoms with Crippen molar-refractivity contribution in [2.45, 2.75) is 13.2 Å². The van der Waals surface area contributed by atoms with Crippen LogP contribution in [-0.2, 0) is 13.2 Å². The van der Waals surface area contributed by atoms with Crippen LogP contribution in [0, 0.1) is 13.0 Å². The summed E-state index contributed by atoms with van der Waals surface area (Å²) in [5, 5.41) is 8.54. The van der Waals surface area contributed by atoms with Gasteiger partial charge >= 0.3 is 0 Å². The molecule has 33 heavy (non-hydrogen) atoms. The van der Waals surface area contributed by atoms with Gasteiger partial charge in [-0.25, -0.2) is 14.4 Å². The monoisotopic (exact) mass is 798 g/mol. The fourth-order valence-electron chi connectivity index (χ4n) is 2.21. The predicted molar refractivity (Wildman–Crippen MR) is 152 cm³/mol. The van der Waals surface area contributed by atoms with Gasteiger partial charge in [0.15, 0.2) is 11.6 Å². The molecular formula is C24H19Br2FI2N2O2. The van der Waals surface area contributed by atoms with Gasteiger partial charge in [0, 0.05) is 0 Å².